The molecule has 1 aromatic carbocycles. The lowest BCUT2D eigenvalue weighted by atomic mass is 9.99. The Kier molecular flexibility index (Phi) is 2.97. The molecule has 102 valence electrons. The molecule has 4 nitrogen and oxygen atoms in total. The molecule has 0 saturated carbocycles. The Balaban J connectivity index is 2.34. The molecule has 0 radical (unpaired) electrons. The van der Waals surface area contributed by atoms with Crippen LogP contribution in [0.3, 0.4) is 0 Å². The van der Waals surface area contributed by atoms with Crippen LogP contribution in [0, 0.1) is 5.82 Å². The van der Waals surface area contributed by atoms with Crippen LogP contribution in [0.25, 0.3) is 0 Å². The first-order valence-electron chi connectivity index (χ1n) is 5.92. The molecule has 1 aromatic rings. The second kappa shape index (κ2) is 4.13. The number of hydrogen-bond acceptors (Lipinski definition) is 4. The minimum atomic E-state index is -2.25. The van der Waals surface area contributed by atoms with Gasteiger partial charge in [0.05, 0.1) is 0 Å². The van der Waals surface area contributed by atoms with E-state index in [0.717, 1.165) is 6.07 Å². The molecule has 0 aliphatic heterocycles. The molecule has 19 heavy (non-hydrogen) atoms. The number of ether oxygens (including phenoxy) is 1. The molecule has 0 saturated heterocycles. The van der Waals surface area contributed by atoms with E-state index in [1.54, 1.807) is 20.8 Å². The van der Waals surface area contributed by atoms with E-state index in [9.17, 15) is 19.1 Å². The molecule has 0 amide bonds. The monoisotopic (exact) mass is 266 g/mol. The van der Waals surface area contributed by atoms with Crippen molar-refractivity contribution in [2.45, 2.75) is 38.4 Å². The average molecular weight is 266 g/mol. The van der Waals surface area contributed by atoms with Gasteiger partial charge in [-0.25, -0.2) is 9.18 Å². The molecule has 0 bridgehead atoms. The maximum absolute atomic E-state index is 13.1. The number of halogens is 1. The number of rotatable bonds is 1. The first-order chi connectivity index (χ1) is 8.63. The van der Waals surface area contributed by atoms with E-state index in [-0.39, 0.29) is 12.0 Å². The summed E-state index contributed by atoms with van der Waals surface area (Å²) in [7, 11) is 0. The summed E-state index contributed by atoms with van der Waals surface area (Å²) in [6, 6.07) is 3.61. The van der Waals surface area contributed by atoms with E-state index in [4.69, 9.17) is 4.74 Å². The van der Waals surface area contributed by atoms with Crippen LogP contribution in [0.5, 0.6) is 0 Å². The summed E-state index contributed by atoms with van der Waals surface area (Å²) in [5, 5.41) is 10.3. The maximum atomic E-state index is 13.1. The van der Waals surface area contributed by atoms with E-state index in [1.807, 2.05) is 0 Å². The van der Waals surface area contributed by atoms with Gasteiger partial charge >= 0.3 is 5.97 Å². The van der Waals surface area contributed by atoms with Crippen molar-refractivity contribution in [1.29, 1.82) is 0 Å². The van der Waals surface area contributed by atoms with Gasteiger partial charge in [-0.15, -0.1) is 0 Å². The van der Waals surface area contributed by atoms with Crippen molar-refractivity contribution in [2.75, 3.05) is 0 Å². The molecule has 0 spiro atoms. The van der Waals surface area contributed by atoms with Gasteiger partial charge in [0.2, 0.25) is 11.4 Å². The number of Topliss-reactive ketones (excluding diaryl/α,β-unsaturated/α-hetero) is 1. The number of fused-ring (bicyclic) bond motifs is 1. The molecule has 0 fully saturated rings. The van der Waals surface area contributed by atoms with Crippen LogP contribution in [0.2, 0.25) is 0 Å². The normalized spacial score (nSPS) is 22.3. The van der Waals surface area contributed by atoms with Crippen LogP contribution in [-0.2, 0) is 16.0 Å². The smallest absolute Gasteiger partial charge is 0.347 e. The molecule has 0 aromatic heterocycles. The summed E-state index contributed by atoms with van der Waals surface area (Å²) >= 11 is 0. The standard InChI is InChI=1S/C14H15FO4/c1-13(2,3)19-12(17)14(18)7-8-4-5-9(15)6-10(8)11(14)16/h4-6,18H,7H2,1-3H3/t14-/m0/s1. The first-order valence-corrected chi connectivity index (χ1v) is 5.92. The van der Waals surface area contributed by atoms with Crippen molar-refractivity contribution in [3.05, 3.63) is 35.1 Å². The molecule has 1 N–H and O–H groups in total. The number of hydrogen-bond donors (Lipinski definition) is 1. The number of esters is 1. The Morgan fingerprint density at radius 2 is 2.05 bits per heavy atom. The quantitative estimate of drug-likeness (QED) is 0.620. The Labute approximate surface area is 110 Å². The SMILES string of the molecule is CC(C)(C)OC(=O)[C@]1(O)Cc2ccc(F)cc2C1=O. The van der Waals surface area contributed by atoms with E-state index >= 15 is 0 Å². The predicted octanol–water partition coefficient (Wildman–Crippen LogP) is 1.64. The minimum Gasteiger partial charge on any atom is -0.457 e. The second-order valence-electron chi connectivity index (χ2n) is 5.67. The molecular weight excluding hydrogens is 251 g/mol. The van der Waals surface area contributed by atoms with E-state index in [1.165, 1.54) is 12.1 Å². The van der Waals surface area contributed by atoms with Gasteiger partial charge in [0, 0.05) is 12.0 Å². The number of ketones is 1. The van der Waals surface area contributed by atoms with E-state index in [2.05, 4.69) is 0 Å². The van der Waals surface area contributed by atoms with Gasteiger partial charge in [-0.3, -0.25) is 4.79 Å². The van der Waals surface area contributed by atoms with Crippen LogP contribution in [-0.4, -0.2) is 28.1 Å². The number of aliphatic hydroxyl groups is 1. The fourth-order valence-corrected chi connectivity index (χ4v) is 2.02. The second-order valence-corrected chi connectivity index (χ2v) is 5.67. The molecule has 1 aliphatic carbocycles. The Morgan fingerprint density at radius 1 is 1.42 bits per heavy atom. The third-order valence-electron chi connectivity index (χ3n) is 2.88. The Hall–Kier alpha value is -1.75. The summed E-state index contributed by atoms with van der Waals surface area (Å²) in [5.74, 6) is -2.39. The fraction of sp³-hybridized carbons (Fsp3) is 0.429. The zero-order chi connectivity index (χ0) is 14.4. The van der Waals surface area contributed by atoms with Crippen molar-refractivity contribution in [1.82, 2.24) is 0 Å². The van der Waals surface area contributed by atoms with Crippen LogP contribution >= 0.6 is 0 Å². The van der Waals surface area contributed by atoms with Crippen LogP contribution in [0.15, 0.2) is 18.2 Å². The van der Waals surface area contributed by atoms with Gasteiger partial charge in [0.1, 0.15) is 11.4 Å². The third kappa shape index (κ3) is 2.38. The van der Waals surface area contributed by atoms with E-state index in [0.29, 0.717) is 5.56 Å². The fourth-order valence-electron chi connectivity index (χ4n) is 2.02. The van der Waals surface area contributed by atoms with Crippen molar-refractivity contribution in [2.24, 2.45) is 0 Å². The maximum Gasteiger partial charge on any atom is 0.347 e. The number of carbonyl (C=O) groups is 2. The molecule has 0 heterocycles. The summed E-state index contributed by atoms with van der Waals surface area (Å²) in [5.41, 5.74) is -2.58. The highest BCUT2D eigenvalue weighted by Crippen LogP contribution is 2.32. The van der Waals surface area contributed by atoms with Crippen LogP contribution < -0.4 is 0 Å². The number of benzene rings is 1. The van der Waals surface area contributed by atoms with Gasteiger partial charge in [-0.1, -0.05) is 6.07 Å². The van der Waals surface area contributed by atoms with Crippen molar-refractivity contribution >= 4 is 11.8 Å². The Morgan fingerprint density at radius 3 is 2.63 bits per heavy atom. The highest BCUT2D eigenvalue weighted by Gasteiger charge is 2.52. The first kappa shape index (κ1) is 13.7. The van der Waals surface area contributed by atoms with Gasteiger partial charge in [0.15, 0.2) is 0 Å². The molecule has 5 heteroatoms. The van der Waals surface area contributed by atoms with Crippen LogP contribution in [0.1, 0.15) is 36.7 Å². The summed E-state index contributed by atoms with van der Waals surface area (Å²) in [6.45, 7) is 4.92. The molecule has 2 rings (SSSR count). The lowest BCUT2D eigenvalue weighted by molar-refractivity contribution is -0.171. The zero-order valence-electron chi connectivity index (χ0n) is 11.0. The summed E-state index contributed by atoms with van der Waals surface area (Å²) < 4.78 is 18.2. The van der Waals surface area contributed by atoms with Crippen molar-refractivity contribution in [3.8, 4) is 0 Å². The zero-order valence-corrected chi connectivity index (χ0v) is 11.0. The van der Waals surface area contributed by atoms with Gasteiger partial charge < -0.3 is 9.84 Å². The average Bonchev–Trinajstić information content (AvgIpc) is 2.51. The highest BCUT2D eigenvalue weighted by molar-refractivity contribution is 6.18. The molecule has 1 aliphatic rings. The lowest BCUT2D eigenvalue weighted by Crippen LogP contribution is -2.48. The minimum absolute atomic E-state index is 0.0355. The van der Waals surface area contributed by atoms with Crippen molar-refractivity contribution in [3.63, 3.8) is 0 Å². The van der Waals surface area contributed by atoms with Crippen LogP contribution in [0.4, 0.5) is 4.39 Å². The summed E-state index contributed by atoms with van der Waals surface area (Å²) in [6.07, 6.45) is -0.184. The van der Waals surface area contributed by atoms with Crippen molar-refractivity contribution < 1.29 is 23.8 Å². The van der Waals surface area contributed by atoms with Gasteiger partial charge in [-0.05, 0) is 38.5 Å². The highest BCUT2D eigenvalue weighted by atomic mass is 19.1. The largest absolute Gasteiger partial charge is 0.457 e. The van der Waals surface area contributed by atoms with E-state index < -0.39 is 28.8 Å². The van der Waals surface area contributed by atoms with Gasteiger partial charge in [0.25, 0.3) is 0 Å². The summed E-state index contributed by atoms with van der Waals surface area (Å²) in [4.78, 5) is 24.0. The topological polar surface area (TPSA) is 63.6 Å². The molecular formula is C14H15FO4. The number of carbonyl (C=O) groups excluding carboxylic acids is 2. The molecule has 0 unspecified atom stereocenters. The Bertz CT molecular complexity index is 559. The van der Waals surface area contributed by atoms with Gasteiger partial charge in [-0.2, -0.15) is 0 Å². The lowest BCUT2D eigenvalue weighted by Gasteiger charge is -2.25. The predicted molar refractivity (Wildman–Crippen MR) is 65.2 cm³/mol. The third-order valence-corrected chi connectivity index (χ3v) is 2.88. The molecule has 1 atom stereocenters.